The minimum atomic E-state index is 0.0382. The number of unbranched alkanes of at least 4 members (excludes halogenated alkanes) is 2. The Hall–Kier alpha value is -1.31. The molecule has 1 atom stereocenters. The number of benzene rings is 1. The fourth-order valence-electron chi connectivity index (χ4n) is 1.86. The Morgan fingerprint density at radius 3 is 2.50 bits per heavy atom. The van der Waals surface area contributed by atoms with Crippen LogP contribution in [0.15, 0.2) is 24.3 Å². The molecule has 0 spiro atoms. The summed E-state index contributed by atoms with van der Waals surface area (Å²) in [6.07, 6.45) is 5.36. The van der Waals surface area contributed by atoms with Crippen molar-refractivity contribution in [3.63, 3.8) is 0 Å². The maximum Gasteiger partial charge on any atom is 0.224 e. The monoisotopic (exact) mass is 246 g/mol. The number of nitrogens with one attached hydrogen (secondary N) is 1. The summed E-state index contributed by atoms with van der Waals surface area (Å²) in [4.78, 5) is 11.6. The number of hydrogen-bond donors (Lipinski definition) is 1. The van der Waals surface area contributed by atoms with Crippen LogP contribution in [0.4, 0.5) is 5.69 Å². The van der Waals surface area contributed by atoms with Crippen molar-refractivity contribution >= 4 is 11.6 Å². The lowest BCUT2D eigenvalue weighted by Gasteiger charge is -2.08. The zero-order valence-corrected chi connectivity index (χ0v) is 11.5. The van der Waals surface area contributed by atoms with E-state index in [0.29, 0.717) is 6.42 Å². The highest BCUT2D eigenvalue weighted by molar-refractivity contribution is 5.90. The highest BCUT2D eigenvalue weighted by Crippen LogP contribution is 2.13. The molecular weight excluding hydrogens is 222 g/mol. The summed E-state index contributed by atoms with van der Waals surface area (Å²) >= 11 is 0. The quantitative estimate of drug-likeness (QED) is 0.717. The lowest BCUT2D eigenvalue weighted by atomic mass is 10.1. The summed E-state index contributed by atoms with van der Waals surface area (Å²) in [5.74, 6) is 0.189. The Morgan fingerprint density at radius 2 is 1.94 bits per heavy atom. The van der Waals surface area contributed by atoms with E-state index in [1.54, 1.807) is 0 Å². The molecular formula is C16H24NO. The first-order chi connectivity index (χ1) is 8.61. The van der Waals surface area contributed by atoms with Gasteiger partial charge in [0.1, 0.15) is 0 Å². The Labute approximate surface area is 111 Å². The standard InChI is InChI=1S/C16H24NO/c1-4-5-6-7-14-8-10-15(11-9-14)17-16(18)12-13(2)3/h8-11,13H,2,4-7,12H2,1,3H3,(H,17,18). The first kappa shape index (κ1) is 14.7. The van der Waals surface area contributed by atoms with E-state index in [-0.39, 0.29) is 11.8 Å². The zero-order chi connectivity index (χ0) is 13.4. The van der Waals surface area contributed by atoms with Crippen molar-refractivity contribution in [2.75, 3.05) is 5.32 Å². The fourth-order valence-corrected chi connectivity index (χ4v) is 1.86. The van der Waals surface area contributed by atoms with Crippen molar-refractivity contribution in [3.05, 3.63) is 36.8 Å². The average molecular weight is 246 g/mol. The van der Waals surface area contributed by atoms with E-state index < -0.39 is 0 Å². The van der Waals surface area contributed by atoms with Crippen LogP contribution in [0, 0.1) is 12.8 Å². The predicted octanol–water partition coefficient (Wildman–Crippen LogP) is 4.22. The summed E-state index contributed by atoms with van der Waals surface area (Å²) in [5, 5.41) is 2.89. The second-order valence-corrected chi connectivity index (χ2v) is 5.01. The molecule has 0 bridgehead atoms. The van der Waals surface area contributed by atoms with E-state index >= 15 is 0 Å². The average Bonchev–Trinajstić information content (AvgIpc) is 2.30. The lowest BCUT2D eigenvalue weighted by molar-refractivity contribution is -0.116. The van der Waals surface area contributed by atoms with Gasteiger partial charge in [-0.15, -0.1) is 0 Å². The molecule has 1 amide bonds. The summed E-state index contributed by atoms with van der Waals surface area (Å²) in [5.41, 5.74) is 2.21. The van der Waals surface area contributed by atoms with Gasteiger partial charge < -0.3 is 5.32 Å². The molecule has 18 heavy (non-hydrogen) atoms. The van der Waals surface area contributed by atoms with Gasteiger partial charge >= 0.3 is 0 Å². The van der Waals surface area contributed by atoms with Gasteiger partial charge in [0.2, 0.25) is 5.91 Å². The molecule has 1 aromatic carbocycles. The van der Waals surface area contributed by atoms with Crippen LogP contribution in [0.2, 0.25) is 0 Å². The lowest BCUT2D eigenvalue weighted by Crippen LogP contribution is -2.13. The second kappa shape index (κ2) is 7.91. The van der Waals surface area contributed by atoms with Gasteiger partial charge in [-0.3, -0.25) is 4.79 Å². The van der Waals surface area contributed by atoms with E-state index in [1.165, 1.54) is 24.8 Å². The molecule has 0 aliphatic carbocycles. The van der Waals surface area contributed by atoms with Crippen molar-refractivity contribution in [3.8, 4) is 0 Å². The molecule has 1 N–H and O–H groups in total. The summed E-state index contributed by atoms with van der Waals surface area (Å²) < 4.78 is 0. The van der Waals surface area contributed by atoms with Crippen molar-refractivity contribution < 1.29 is 4.79 Å². The van der Waals surface area contributed by atoms with Gasteiger partial charge in [0.15, 0.2) is 0 Å². The van der Waals surface area contributed by atoms with E-state index in [2.05, 4.69) is 31.3 Å². The Kier molecular flexibility index (Phi) is 6.48. The zero-order valence-electron chi connectivity index (χ0n) is 11.5. The third-order valence-corrected chi connectivity index (χ3v) is 2.84. The molecule has 0 saturated carbocycles. The second-order valence-electron chi connectivity index (χ2n) is 5.01. The molecule has 99 valence electrons. The highest BCUT2D eigenvalue weighted by atomic mass is 16.1. The van der Waals surface area contributed by atoms with Crippen molar-refractivity contribution in [1.29, 1.82) is 0 Å². The normalized spacial score (nSPS) is 10.7. The number of carbonyl (C=O) groups is 1. The largest absolute Gasteiger partial charge is 0.326 e. The molecule has 0 saturated heterocycles. The van der Waals surface area contributed by atoms with E-state index in [1.807, 2.05) is 19.1 Å². The SMILES string of the molecule is [CH2]C(C)CC(=O)Nc1ccc(CCCCC)cc1. The van der Waals surface area contributed by atoms with Crippen LogP contribution in [0.25, 0.3) is 0 Å². The number of amides is 1. The first-order valence-corrected chi connectivity index (χ1v) is 6.83. The first-order valence-electron chi connectivity index (χ1n) is 6.83. The van der Waals surface area contributed by atoms with Crippen LogP contribution in [0.5, 0.6) is 0 Å². The molecule has 2 heteroatoms. The Bertz CT molecular complexity index is 354. The van der Waals surface area contributed by atoms with Gasteiger partial charge in [0, 0.05) is 12.1 Å². The molecule has 1 radical (unpaired) electrons. The van der Waals surface area contributed by atoms with Crippen LogP contribution in [-0.2, 0) is 11.2 Å². The van der Waals surface area contributed by atoms with Crippen molar-refractivity contribution in [1.82, 2.24) is 0 Å². The summed E-state index contributed by atoms with van der Waals surface area (Å²) in [7, 11) is 0. The Morgan fingerprint density at radius 1 is 1.28 bits per heavy atom. The molecule has 1 rings (SSSR count). The third-order valence-electron chi connectivity index (χ3n) is 2.84. The van der Waals surface area contributed by atoms with Gasteiger partial charge in [-0.1, -0.05) is 38.8 Å². The van der Waals surface area contributed by atoms with Crippen LogP contribution >= 0.6 is 0 Å². The highest BCUT2D eigenvalue weighted by Gasteiger charge is 2.05. The van der Waals surface area contributed by atoms with Crippen LogP contribution in [0.3, 0.4) is 0 Å². The number of rotatable bonds is 7. The molecule has 0 aliphatic heterocycles. The van der Waals surface area contributed by atoms with Crippen LogP contribution in [-0.4, -0.2) is 5.91 Å². The maximum atomic E-state index is 11.6. The summed E-state index contributed by atoms with van der Waals surface area (Å²) in [6, 6.07) is 8.15. The molecule has 1 aromatic rings. The molecule has 2 nitrogen and oxygen atoms in total. The molecule has 1 unspecified atom stereocenters. The van der Waals surface area contributed by atoms with E-state index in [9.17, 15) is 4.79 Å². The Balaban J connectivity index is 2.42. The van der Waals surface area contributed by atoms with E-state index in [0.717, 1.165) is 12.1 Å². The molecule has 0 aromatic heterocycles. The minimum absolute atomic E-state index is 0.0382. The van der Waals surface area contributed by atoms with Gasteiger partial charge in [-0.05, 0) is 43.4 Å². The molecule has 0 aliphatic rings. The van der Waals surface area contributed by atoms with Crippen molar-refractivity contribution in [2.24, 2.45) is 5.92 Å². The van der Waals surface area contributed by atoms with Gasteiger partial charge in [-0.25, -0.2) is 0 Å². The number of carbonyl (C=O) groups excluding carboxylic acids is 1. The smallest absolute Gasteiger partial charge is 0.224 e. The van der Waals surface area contributed by atoms with Gasteiger partial charge in [0.05, 0.1) is 0 Å². The topological polar surface area (TPSA) is 29.1 Å². The van der Waals surface area contributed by atoms with Gasteiger partial charge in [-0.2, -0.15) is 0 Å². The maximum absolute atomic E-state index is 11.6. The number of hydrogen-bond acceptors (Lipinski definition) is 1. The fraction of sp³-hybridized carbons (Fsp3) is 0.500. The van der Waals surface area contributed by atoms with E-state index in [4.69, 9.17) is 0 Å². The van der Waals surface area contributed by atoms with Gasteiger partial charge in [0.25, 0.3) is 0 Å². The van der Waals surface area contributed by atoms with Crippen LogP contribution in [0.1, 0.15) is 45.1 Å². The predicted molar refractivity (Wildman–Crippen MR) is 77.4 cm³/mol. The minimum Gasteiger partial charge on any atom is -0.326 e. The molecule has 0 heterocycles. The van der Waals surface area contributed by atoms with Crippen molar-refractivity contribution in [2.45, 2.75) is 46.0 Å². The summed E-state index contributed by atoms with van der Waals surface area (Å²) in [6.45, 7) is 7.97. The number of anilines is 1. The molecule has 0 fully saturated rings. The number of aryl methyl sites for hydroxylation is 1. The third kappa shape index (κ3) is 5.85. The van der Waals surface area contributed by atoms with Crippen LogP contribution < -0.4 is 5.32 Å².